The number of benzene rings is 1. The highest BCUT2D eigenvalue weighted by atomic mass is 32.2. The molecule has 0 spiro atoms. The summed E-state index contributed by atoms with van der Waals surface area (Å²) in [5.74, 6) is 0.979. The van der Waals surface area contributed by atoms with Crippen molar-refractivity contribution in [3.8, 4) is 11.8 Å². The molecule has 0 bridgehead atoms. The zero-order valence-corrected chi connectivity index (χ0v) is 11.7. The fourth-order valence-corrected chi connectivity index (χ4v) is 2.61. The lowest BCUT2D eigenvalue weighted by Gasteiger charge is -2.06. The van der Waals surface area contributed by atoms with E-state index in [0.29, 0.717) is 11.7 Å². The SMILES string of the molecule is C[C@@H](SCCCC#N)c1cn(-c2ccccc2)nn1. The minimum atomic E-state index is 0.302. The Morgan fingerprint density at radius 2 is 2.16 bits per heavy atom. The van der Waals surface area contributed by atoms with Crippen LogP contribution in [0.25, 0.3) is 5.69 Å². The van der Waals surface area contributed by atoms with Gasteiger partial charge in [0.25, 0.3) is 0 Å². The van der Waals surface area contributed by atoms with Crippen molar-refractivity contribution in [1.82, 2.24) is 15.0 Å². The maximum atomic E-state index is 8.49. The van der Waals surface area contributed by atoms with Gasteiger partial charge in [0, 0.05) is 11.7 Å². The summed E-state index contributed by atoms with van der Waals surface area (Å²) in [5, 5.41) is 17.2. The van der Waals surface area contributed by atoms with Crippen LogP contribution in [0.15, 0.2) is 36.5 Å². The van der Waals surface area contributed by atoms with E-state index in [1.165, 1.54) is 0 Å². The largest absolute Gasteiger partial charge is 0.220 e. The molecule has 0 aliphatic heterocycles. The number of para-hydroxylation sites is 1. The van der Waals surface area contributed by atoms with Crippen LogP contribution in [0, 0.1) is 11.3 Å². The number of nitrogens with zero attached hydrogens (tertiary/aromatic N) is 4. The monoisotopic (exact) mass is 272 g/mol. The Balaban J connectivity index is 1.95. The van der Waals surface area contributed by atoms with E-state index in [9.17, 15) is 0 Å². The molecular formula is C14H16N4S. The van der Waals surface area contributed by atoms with Crippen LogP contribution in [-0.4, -0.2) is 20.7 Å². The van der Waals surface area contributed by atoms with E-state index in [2.05, 4.69) is 23.3 Å². The molecule has 1 atom stereocenters. The van der Waals surface area contributed by atoms with E-state index in [-0.39, 0.29) is 0 Å². The summed E-state index contributed by atoms with van der Waals surface area (Å²) in [6.45, 7) is 2.12. The summed E-state index contributed by atoms with van der Waals surface area (Å²) in [6, 6.07) is 12.1. The van der Waals surface area contributed by atoms with Gasteiger partial charge in [0.2, 0.25) is 0 Å². The van der Waals surface area contributed by atoms with Crippen molar-refractivity contribution < 1.29 is 0 Å². The number of nitriles is 1. The summed E-state index contributed by atoms with van der Waals surface area (Å²) >= 11 is 1.81. The van der Waals surface area contributed by atoms with Crippen LogP contribution in [0.2, 0.25) is 0 Å². The molecule has 4 nitrogen and oxygen atoms in total. The summed E-state index contributed by atoms with van der Waals surface area (Å²) in [4.78, 5) is 0. The first-order valence-electron chi connectivity index (χ1n) is 6.27. The average Bonchev–Trinajstić information content (AvgIpc) is 2.94. The lowest BCUT2D eigenvalue weighted by Crippen LogP contribution is -1.93. The molecule has 2 aromatic rings. The van der Waals surface area contributed by atoms with Crippen molar-refractivity contribution in [2.45, 2.75) is 25.0 Å². The van der Waals surface area contributed by atoms with Crippen LogP contribution in [0.3, 0.4) is 0 Å². The Morgan fingerprint density at radius 3 is 2.89 bits per heavy atom. The summed E-state index contributed by atoms with van der Waals surface area (Å²) in [5.41, 5.74) is 1.99. The van der Waals surface area contributed by atoms with E-state index in [0.717, 1.165) is 23.6 Å². The Kier molecular flexibility index (Phi) is 4.99. The summed E-state index contributed by atoms with van der Waals surface area (Å²) < 4.78 is 1.79. The predicted molar refractivity (Wildman–Crippen MR) is 77.1 cm³/mol. The highest BCUT2D eigenvalue weighted by Crippen LogP contribution is 2.27. The zero-order valence-electron chi connectivity index (χ0n) is 10.9. The molecule has 0 fully saturated rings. The molecule has 5 heteroatoms. The molecule has 1 aromatic carbocycles. The van der Waals surface area contributed by atoms with E-state index in [4.69, 9.17) is 5.26 Å². The average molecular weight is 272 g/mol. The standard InChI is InChI=1S/C14H16N4S/c1-12(19-10-6-5-9-15)14-11-18(17-16-14)13-7-3-2-4-8-13/h2-4,7-8,11-12H,5-6,10H2,1H3/t12-/m1/s1. The number of thioether (sulfide) groups is 1. The molecule has 2 rings (SSSR count). The predicted octanol–water partition coefficient (Wildman–Crippen LogP) is 3.37. The third-order valence-corrected chi connectivity index (χ3v) is 4.01. The van der Waals surface area contributed by atoms with Crippen molar-refractivity contribution in [2.75, 3.05) is 5.75 Å². The molecule has 0 unspecified atom stereocenters. The van der Waals surface area contributed by atoms with Gasteiger partial charge in [-0.25, -0.2) is 4.68 Å². The normalized spacial score (nSPS) is 12.0. The minimum Gasteiger partial charge on any atom is -0.220 e. The second kappa shape index (κ2) is 6.95. The molecular weight excluding hydrogens is 256 g/mol. The molecule has 0 N–H and O–H groups in total. The fourth-order valence-electron chi connectivity index (χ4n) is 1.67. The van der Waals surface area contributed by atoms with Gasteiger partial charge in [0.05, 0.1) is 23.6 Å². The maximum absolute atomic E-state index is 8.49. The Bertz CT molecular complexity index is 544. The number of aromatic nitrogens is 3. The van der Waals surface area contributed by atoms with Crippen molar-refractivity contribution >= 4 is 11.8 Å². The first-order valence-corrected chi connectivity index (χ1v) is 7.32. The van der Waals surface area contributed by atoms with Gasteiger partial charge in [-0.15, -0.1) is 5.10 Å². The quantitative estimate of drug-likeness (QED) is 0.757. The van der Waals surface area contributed by atoms with E-state index in [1.54, 1.807) is 4.68 Å². The molecule has 98 valence electrons. The fraction of sp³-hybridized carbons (Fsp3) is 0.357. The summed E-state index contributed by atoms with van der Waals surface area (Å²) in [7, 11) is 0. The summed E-state index contributed by atoms with van der Waals surface area (Å²) in [6.07, 6.45) is 3.52. The molecule has 0 saturated carbocycles. The minimum absolute atomic E-state index is 0.302. The maximum Gasteiger partial charge on any atom is 0.0958 e. The topological polar surface area (TPSA) is 54.5 Å². The first kappa shape index (κ1) is 13.6. The Labute approximate surface area is 117 Å². The van der Waals surface area contributed by atoms with Crippen LogP contribution in [-0.2, 0) is 0 Å². The van der Waals surface area contributed by atoms with E-state index in [1.807, 2.05) is 48.3 Å². The van der Waals surface area contributed by atoms with Crippen LogP contribution in [0.4, 0.5) is 0 Å². The van der Waals surface area contributed by atoms with Crippen molar-refractivity contribution in [1.29, 1.82) is 5.26 Å². The second-order valence-electron chi connectivity index (χ2n) is 4.20. The molecule has 1 heterocycles. The first-order chi connectivity index (χ1) is 9.31. The van der Waals surface area contributed by atoms with Gasteiger partial charge < -0.3 is 0 Å². The molecule has 0 aliphatic carbocycles. The van der Waals surface area contributed by atoms with E-state index >= 15 is 0 Å². The second-order valence-corrected chi connectivity index (χ2v) is 5.65. The number of hydrogen-bond donors (Lipinski definition) is 0. The van der Waals surface area contributed by atoms with Gasteiger partial charge in [-0.3, -0.25) is 0 Å². The highest BCUT2D eigenvalue weighted by Gasteiger charge is 2.10. The molecule has 19 heavy (non-hydrogen) atoms. The van der Waals surface area contributed by atoms with Crippen LogP contribution in [0.1, 0.15) is 30.7 Å². The number of rotatable bonds is 6. The van der Waals surface area contributed by atoms with Crippen LogP contribution < -0.4 is 0 Å². The zero-order chi connectivity index (χ0) is 13.5. The van der Waals surface area contributed by atoms with Gasteiger partial charge in [0.1, 0.15) is 0 Å². The Morgan fingerprint density at radius 1 is 1.37 bits per heavy atom. The molecule has 0 radical (unpaired) electrons. The molecule has 1 aromatic heterocycles. The number of unbranched alkanes of at least 4 members (excludes halogenated alkanes) is 1. The third-order valence-electron chi connectivity index (χ3n) is 2.75. The Hall–Kier alpha value is -1.80. The lowest BCUT2D eigenvalue weighted by atomic mass is 10.3. The third kappa shape index (κ3) is 3.83. The van der Waals surface area contributed by atoms with Crippen molar-refractivity contribution in [3.63, 3.8) is 0 Å². The smallest absolute Gasteiger partial charge is 0.0958 e. The lowest BCUT2D eigenvalue weighted by molar-refractivity contribution is 0.797. The van der Waals surface area contributed by atoms with Crippen molar-refractivity contribution in [3.05, 3.63) is 42.2 Å². The number of hydrogen-bond acceptors (Lipinski definition) is 4. The van der Waals surface area contributed by atoms with Gasteiger partial charge in [-0.2, -0.15) is 17.0 Å². The van der Waals surface area contributed by atoms with Gasteiger partial charge in [-0.1, -0.05) is 23.4 Å². The van der Waals surface area contributed by atoms with Crippen molar-refractivity contribution in [2.24, 2.45) is 0 Å². The molecule has 0 aliphatic rings. The van der Waals surface area contributed by atoms with Crippen LogP contribution >= 0.6 is 11.8 Å². The molecule has 0 amide bonds. The van der Waals surface area contributed by atoms with Gasteiger partial charge in [-0.05, 0) is 31.2 Å². The van der Waals surface area contributed by atoms with Gasteiger partial charge >= 0.3 is 0 Å². The van der Waals surface area contributed by atoms with Crippen LogP contribution in [0.5, 0.6) is 0 Å². The van der Waals surface area contributed by atoms with Gasteiger partial charge in [0.15, 0.2) is 0 Å². The van der Waals surface area contributed by atoms with E-state index < -0.39 is 0 Å². The highest BCUT2D eigenvalue weighted by molar-refractivity contribution is 7.99. The molecule has 0 saturated heterocycles.